The van der Waals surface area contributed by atoms with Gasteiger partial charge >= 0.3 is 0 Å². The molecule has 2 amide bonds. The Kier molecular flexibility index (Phi) is 6.31. The first kappa shape index (κ1) is 22.0. The molecule has 1 aliphatic heterocycles. The zero-order valence-corrected chi connectivity index (χ0v) is 18.6. The maximum Gasteiger partial charge on any atom is 0.282 e. The molecule has 0 unspecified atom stereocenters. The van der Waals surface area contributed by atoms with Crippen molar-refractivity contribution < 1.29 is 23.8 Å². The van der Waals surface area contributed by atoms with Crippen molar-refractivity contribution in [2.24, 2.45) is 0 Å². The van der Waals surface area contributed by atoms with Crippen LogP contribution in [0.5, 0.6) is 17.2 Å². The highest BCUT2D eigenvalue weighted by molar-refractivity contribution is 6.46. The Bertz CT molecular complexity index is 1220. The van der Waals surface area contributed by atoms with Crippen LogP contribution in [-0.4, -0.2) is 32.6 Å². The number of carbonyl (C=O) groups excluding carboxylic acids is 2. The van der Waals surface area contributed by atoms with Crippen molar-refractivity contribution in [2.75, 3.05) is 31.0 Å². The summed E-state index contributed by atoms with van der Waals surface area (Å²) in [7, 11) is 3.10. The van der Waals surface area contributed by atoms with Crippen LogP contribution >= 0.6 is 0 Å². The summed E-state index contributed by atoms with van der Waals surface area (Å²) in [6.07, 6.45) is 0. The van der Waals surface area contributed by atoms with Crippen LogP contribution in [0.25, 0.3) is 5.57 Å². The number of rotatable bonds is 8. The quantitative estimate of drug-likeness (QED) is 0.516. The van der Waals surface area contributed by atoms with Crippen LogP contribution < -0.4 is 24.4 Å². The third-order valence-corrected chi connectivity index (χ3v) is 5.19. The minimum atomic E-state index is -0.458. The van der Waals surface area contributed by atoms with Crippen molar-refractivity contribution >= 4 is 28.8 Å². The Labute approximate surface area is 192 Å². The molecule has 0 atom stereocenters. The summed E-state index contributed by atoms with van der Waals surface area (Å²) in [6.45, 7) is 2.43. The second kappa shape index (κ2) is 9.48. The minimum absolute atomic E-state index is 0.181. The molecule has 0 bridgehead atoms. The normalized spacial score (nSPS) is 13.4. The number of nitrogens with one attached hydrogen (secondary N) is 1. The molecular formula is C26H24N2O5. The van der Waals surface area contributed by atoms with E-state index in [0.29, 0.717) is 40.8 Å². The minimum Gasteiger partial charge on any atom is -0.497 e. The monoisotopic (exact) mass is 444 g/mol. The first-order valence-electron chi connectivity index (χ1n) is 10.5. The number of carbonyl (C=O) groups is 2. The van der Waals surface area contributed by atoms with E-state index in [4.69, 9.17) is 14.2 Å². The van der Waals surface area contributed by atoms with Crippen LogP contribution in [0.1, 0.15) is 12.5 Å². The van der Waals surface area contributed by atoms with Gasteiger partial charge in [0.1, 0.15) is 22.9 Å². The summed E-state index contributed by atoms with van der Waals surface area (Å²) in [6, 6.07) is 21.1. The molecule has 33 heavy (non-hydrogen) atoms. The summed E-state index contributed by atoms with van der Waals surface area (Å²) in [5.41, 5.74) is 2.11. The van der Waals surface area contributed by atoms with Gasteiger partial charge in [0.05, 0.1) is 32.1 Å². The van der Waals surface area contributed by atoms with Gasteiger partial charge in [0.2, 0.25) is 0 Å². The van der Waals surface area contributed by atoms with Crippen LogP contribution in [0.3, 0.4) is 0 Å². The molecule has 3 aromatic carbocycles. The summed E-state index contributed by atoms with van der Waals surface area (Å²) in [5.74, 6) is 0.975. The molecule has 1 aliphatic rings. The Hall–Kier alpha value is -4.26. The predicted molar refractivity (Wildman–Crippen MR) is 127 cm³/mol. The van der Waals surface area contributed by atoms with Gasteiger partial charge in [-0.1, -0.05) is 24.3 Å². The fraction of sp³-hybridized carbons (Fsp3) is 0.154. The van der Waals surface area contributed by atoms with Crippen LogP contribution in [0.2, 0.25) is 0 Å². The van der Waals surface area contributed by atoms with Gasteiger partial charge < -0.3 is 19.5 Å². The molecule has 0 aromatic heterocycles. The number of hydrogen-bond acceptors (Lipinski definition) is 6. The highest BCUT2D eigenvalue weighted by Gasteiger charge is 2.40. The lowest BCUT2D eigenvalue weighted by Gasteiger charge is -2.16. The lowest BCUT2D eigenvalue weighted by atomic mass is 10.0. The molecule has 0 spiro atoms. The molecule has 0 saturated heterocycles. The van der Waals surface area contributed by atoms with Crippen molar-refractivity contribution in [1.82, 2.24) is 0 Å². The van der Waals surface area contributed by atoms with Crippen molar-refractivity contribution in [3.8, 4) is 17.2 Å². The maximum absolute atomic E-state index is 13.6. The van der Waals surface area contributed by atoms with Gasteiger partial charge in [-0.3, -0.25) is 9.59 Å². The number of imide groups is 1. The summed E-state index contributed by atoms with van der Waals surface area (Å²) in [4.78, 5) is 28.2. The van der Waals surface area contributed by atoms with Gasteiger partial charge in [0.25, 0.3) is 11.8 Å². The maximum atomic E-state index is 13.6. The van der Waals surface area contributed by atoms with E-state index in [-0.39, 0.29) is 11.3 Å². The van der Waals surface area contributed by atoms with Crippen LogP contribution in [0, 0.1) is 0 Å². The average Bonchev–Trinajstić information content (AvgIpc) is 3.09. The Morgan fingerprint density at radius 3 is 2.12 bits per heavy atom. The predicted octanol–water partition coefficient (Wildman–Crippen LogP) is 4.50. The zero-order valence-electron chi connectivity index (χ0n) is 18.6. The highest BCUT2D eigenvalue weighted by Crippen LogP contribution is 2.35. The third-order valence-electron chi connectivity index (χ3n) is 5.19. The lowest BCUT2D eigenvalue weighted by Crippen LogP contribution is -2.32. The van der Waals surface area contributed by atoms with Gasteiger partial charge in [0.15, 0.2) is 0 Å². The van der Waals surface area contributed by atoms with Crippen molar-refractivity contribution in [3.63, 3.8) is 0 Å². The fourth-order valence-electron chi connectivity index (χ4n) is 3.63. The van der Waals surface area contributed by atoms with Gasteiger partial charge in [-0.15, -0.1) is 0 Å². The number of amides is 2. The second-order valence-corrected chi connectivity index (χ2v) is 7.21. The van der Waals surface area contributed by atoms with Gasteiger partial charge in [-0.25, -0.2) is 4.90 Å². The van der Waals surface area contributed by atoms with E-state index in [9.17, 15) is 9.59 Å². The molecule has 1 N–H and O–H groups in total. The van der Waals surface area contributed by atoms with Crippen LogP contribution in [-0.2, 0) is 9.59 Å². The Morgan fingerprint density at radius 2 is 1.45 bits per heavy atom. The number of nitrogens with zero attached hydrogens (tertiary/aromatic N) is 1. The van der Waals surface area contributed by atoms with Gasteiger partial charge in [-0.2, -0.15) is 0 Å². The largest absolute Gasteiger partial charge is 0.497 e. The van der Waals surface area contributed by atoms with E-state index >= 15 is 0 Å². The van der Waals surface area contributed by atoms with E-state index in [1.54, 1.807) is 79.9 Å². The van der Waals surface area contributed by atoms with E-state index in [0.717, 1.165) is 4.90 Å². The molecule has 0 fully saturated rings. The smallest absolute Gasteiger partial charge is 0.282 e. The van der Waals surface area contributed by atoms with E-state index in [1.807, 2.05) is 6.92 Å². The summed E-state index contributed by atoms with van der Waals surface area (Å²) >= 11 is 0. The lowest BCUT2D eigenvalue weighted by molar-refractivity contribution is -0.120. The molecule has 0 saturated carbocycles. The van der Waals surface area contributed by atoms with E-state index < -0.39 is 11.8 Å². The molecule has 168 valence electrons. The number of anilines is 2. The molecule has 4 rings (SSSR count). The molecule has 0 aliphatic carbocycles. The molecule has 7 heteroatoms. The topological polar surface area (TPSA) is 77.1 Å². The zero-order chi connectivity index (χ0) is 23.4. The summed E-state index contributed by atoms with van der Waals surface area (Å²) in [5, 5.41) is 3.14. The molecular weight excluding hydrogens is 420 g/mol. The van der Waals surface area contributed by atoms with Crippen molar-refractivity contribution in [1.29, 1.82) is 0 Å². The second-order valence-electron chi connectivity index (χ2n) is 7.21. The fourth-order valence-corrected chi connectivity index (χ4v) is 3.63. The van der Waals surface area contributed by atoms with E-state index in [2.05, 4.69) is 5.32 Å². The average molecular weight is 444 g/mol. The van der Waals surface area contributed by atoms with Crippen LogP contribution in [0.15, 0.2) is 78.5 Å². The number of benzene rings is 3. The molecule has 0 radical (unpaired) electrons. The molecule has 1 heterocycles. The van der Waals surface area contributed by atoms with Gasteiger partial charge in [0, 0.05) is 17.8 Å². The van der Waals surface area contributed by atoms with E-state index in [1.165, 1.54) is 7.11 Å². The summed E-state index contributed by atoms with van der Waals surface area (Å²) < 4.78 is 16.1. The van der Waals surface area contributed by atoms with Crippen LogP contribution in [0.4, 0.5) is 11.4 Å². The number of ether oxygens (including phenoxy) is 3. The Balaban J connectivity index is 1.79. The molecule has 3 aromatic rings. The Morgan fingerprint density at radius 1 is 0.788 bits per heavy atom. The number of methoxy groups -OCH3 is 2. The highest BCUT2D eigenvalue weighted by atomic mass is 16.5. The van der Waals surface area contributed by atoms with Gasteiger partial charge in [-0.05, 0) is 48.9 Å². The van der Waals surface area contributed by atoms with Crippen molar-refractivity contribution in [3.05, 3.63) is 84.1 Å². The first-order chi connectivity index (χ1) is 16.0. The standard InChI is InChI=1S/C26H24N2O5/c1-4-33-20-13-11-17(12-14-20)23-24(27-18-7-5-9-21(15-18)31-2)26(30)28(25(23)29)19-8-6-10-22(16-19)32-3/h5-16,27H,4H2,1-3H3. The first-order valence-corrected chi connectivity index (χ1v) is 10.5. The van der Waals surface area contributed by atoms with Crippen molar-refractivity contribution in [2.45, 2.75) is 6.92 Å². The molecule has 7 nitrogen and oxygen atoms in total. The SMILES string of the molecule is CCOc1ccc(C2=C(Nc3cccc(OC)c3)C(=O)N(c3cccc(OC)c3)C2=O)cc1. The number of hydrogen-bond donors (Lipinski definition) is 1. The third kappa shape index (κ3) is 4.39.